The van der Waals surface area contributed by atoms with Gasteiger partial charge in [0.1, 0.15) is 4.90 Å². The van der Waals surface area contributed by atoms with Crippen molar-refractivity contribution >= 4 is 60.2 Å². The molecule has 9 heteroatoms. The van der Waals surface area contributed by atoms with E-state index in [9.17, 15) is 13.2 Å². The van der Waals surface area contributed by atoms with Crippen molar-refractivity contribution in [2.45, 2.75) is 9.79 Å². The van der Waals surface area contributed by atoms with E-state index in [4.69, 9.17) is 11.6 Å². The van der Waals surface area contributed by atoms with E-state index in [1.807, 2.05) is 0 Å². The molecule has 0 aromatic heterocycles. The minimum Gasteiger partial charge on any atom is -0.339 e. The lowest BCUT2D eigenvalue weighted by molar-refractivity contribution is 0.241. The van der Waals surface area contributed by atoms with Crippen molar-refractivity contribution in [3.8, 4) is 0 Å². The number of hydrogen-bond acceptors (Lipinski definition) is 4. The SMILES string of the molecule is CN(C)C(=O)Sc1cccc(NS(=O)(=O)c2ccc(Br)cc2Cl)c1. The molecule has 0 fully saturated rings. The van der Waals surface area contributed by atoms with Crippen LogP contribution in [0.25, 0.3) is 0 Å². The Balaban J connectivity index is 2.25. The normalized spacial score (nSPS) is 11.2. The first-order chi connectivity index (χ1) is 11.2. The minimum absolute atomic E-state index is 0.0187. The van der Waals surface area contributed by atoms with Crippen LogP contribution in [0.3, 0.4) is 0 Å². The molecule has 0 spiro atoms. The van der Waals surface area contributed by atoms with E-state index in [2.05, 4.69) is 20.7 Å². The monoisotopic (exact) mass is 448 g/mol. The van der Waals surface area contributed by atoms with Crippen LogP contribution in [0.5, 0.6) is 0 Å². The number of rotatable bonds is 4. The van der Waals surface area contributed by atoms with Gasteiger partial charge in [-0.1, -0.05) is 33.6 Å². The summed E-state index contributed by atoms with van der Waals surface area (Å²) in [6.07, 6.45) is 0. The molecule has 24 heavy (non-hydrogen) atoms. The van der Waals surface area contributed by atoms with Crippen LogP contribution in [0.1, 0.15) is 0 Å². The van der Waals surface area contributed by atoms with E-state index >= 15 is 0 Å². The minimum atomic E-state index is -3.83. The number of anilines is 1. The fourth-order valence-electron chi connectivity index (χ4n) is 1.72. The molecule has 2 rings (SSSR count). The second kappa shape index (κ2) is 7.77. The Morgan fingerprint density at radius 3 is 2.54 bits per heavy atom. The van der Waals surface area contributed by atoms with Gasteiger partial charge in [-0.3, -0.25) is 9.52 Å². The molecule has 1 N–H and O–H groups in total. The van der Waals surface area contributed by atoms with Crippen molar-refractivity contribution in [3.05, 3.63) is 52.0 Å². The van der Waals surface area contributed by atoms with Gasteiger partial charge in [0, 0.05) is 29.2 Å². The molecule has 0 saturated heterocycles. The molecule has 2 aromatic rings. The van der Waals surface area contributed by atoms with Crippen molar-refractivity contribution in [3.63, 3.8) is 0 Å². The zero-order valence-corrected chi connectivity index (χ0v) is 16.8. The summed E-state index contributed by atoms with van der Waals surface area (Å²) < 4.78 is 28.1. The number of hydrogen-bond donors (Lipinski definition) is 1. The van der Waals surface area contributed by atoms with Crippen molar-refractivity contribution < 1.29 is 13.2 Å². The lowest BCUT2D eigenvalue weighted by Gasteiger charge is -2.12. The quantitative estimate of drug-likeness (QED) is 0.688. The number of carbonyl (C=O) groups excluding carboxylic acids is 1. The number of halogens is 2. The Hall–Kier alpha value is -1.22. The van der Waals surface area contributed by atoms with Gasteiger partial charge in [-0.2, -0.15) is 0 Å². The summed E-state index contributed by atoms with van der Waals surface area (Å²) in [6.45, 7) is 0. The summed E-state index contributed by atoms with van der Waals surface area (Å²) in [5, 5.41) is -0.0313. The van der Waals surface area contributed by atoms with E-state index in [-0.39, 0.29) is 15.2 Å². The van der Waals surface area contributed by atoms with Gasteiger partial charge in [0.05, 0.1) is 5.02 Å². The van der Waals surface area contributed by atoms with Crippen LogP contribution in [0.4, 0.5) is 10.5 Å². The maximum absolute atomic E-state index is 12.5. The molecular weight excluding hydrogens is 436 g/mol. The number of nitrogens with one attached hydrogen (secondary N) is 1. The van der Waals surface area contributed by atoms with Crippen molar-refractivity contribution in [1.29, 1.82) is 0 Å². The maximum atomic E-state index is 12.5. The van der Waals surface area contributed by atoms with Crippen molar-refractivity contribution in [2.24, 2.45) is 0 Å². The van der Waals surface area contributed by atoms with E-state index in [0.717, 1.165) is 11.8 Å². The van der Waals surface area contributed by atoms with Gasteiger partial charge in [-0.15, -0.1) is 0 Å². The van der Waals surface area contributed by atoms with Crippen LogP contribution in [-0.2, 0) is 10.0 Å². The average molecular weight is 450 g/mol. The molecule has 0 aliphatic heterocycles. The third-order valence-corrected chi connectivity index (χ3v) is 6.23. The van der Waals surface area contributed by atoms with E-state index in [1.54, 1.807) is 44.4 Å². The topological polar surface area (TPSA) is 66.5 Å². The highest BCUT2D eigenvalue weighted by atomic mass is 79.9. The van der Waals surface area contributed by atoms with Gasteiger partial charge in [0.2, 0.25) is 0 Å². The Morgan fingerprint density at radius 1 is 1.21 bits per heavy atom. The highest BCUT2D eigenvalue weighted by Crippen LogP contribution is 2.28. The van der Waals surface area contributed by atoms with Crippen LogP contribution < -0.4 is 4.72 Å². The lowest BCUT2D eigenvalue weighted by atomic mass is 10.3. The second-order valence-corrected chi connectivity index (χ2v) is 8.97. The molecule has 0 unspecified atom stereocenters. The van der Waals surface area contributed by atoms with Gasteiger partial charge in [0.15, 0.2) is 0 Å². The van der Waals surface area contributed by atoms with E-state index in [1.165, 1.54) is 17.0 Å². The summed E-state index contributed by atoms with van der Waals surface area (Å²) in [7, 11) is -0.529. The molecule has 128 valence electrons. The highest BCUT2D eigenvalue weighted by molar-refractivity contribution is 9.10. The molecule has 0 saturated carbocycles. The summed E-state index contributed by atoms with van der Waals surface area (Å²) in [4.78, 5) is 13.8. The van der Waals surface area contributed by atoms with Crippen molar-refractivity contribution in [1.82, 2.24) is 4.90 Å². The highest BCUT2D eigenvalue weighted by Gasteiger charge is 2.18. The number of nitrogens with zero attached hydrogens (tertiary/aromatic N) is 1. The number of benzene rings is 2. The predicted molar refractivity (Wildman–Crippen MR) is 101 cm³/mol. The summed E-state index contributed by atoms with van der Waals surface area (Å²) in [5.41, 5.74) is 0.352. The largest absolute Gasteiger partial charge is 0.339 e. The Morgan fingerprint density at radius 2 is 1.92 bits per heavy atom. The first kappa shape index (κ1) is 19.1. The van der Waals surface area contributed by atoms with Gasteiger partial charge in [-0.05, 0) is 48.2 Å². The maximum Gasteiger partial charge on any atom is 0.285 e. The second-order valence-electron chi connectivity index (χ2n) is 4.97. The van der Waals surface area contributed by atoms with Gasteiger partial charge in [-0.25, -0.2) is 8.42 Å². The van der Waals surface area contributed by atoms with Gasteiger partial charge >= 0.3 is 0 Å². The van der Waals surface area contributed by atoms with Crippen LogP contribution in [0.2, 0.25) is 5.02 Å². The van der Waals surface area contributed by atoms with Crippen LogP contribution in [0.15, 0.2) is 56.7 Å². The van der Waals surface area contributed by atoms with Gasteiger partial charge in [0.25, 0.3) is 15.3 Å². The van der Waals surface area contributed by atoms with Crippen LogP contribution in [-0.4, -0.2) is 32.7 Å². The fraction of sp³-hybridized carbons (Fsp3) is 0.133. The van der Waals surface area contributed by atoms with Crippen LogP contribution >= 0.6 is 39.3 Å². The van der Waals surface area contributed by atoms with Crippen LogP contribution in [0, 0.1) is 0 Å². The Bertz CT molecular complexity index is 873. The first-order valence-corrected chi connectivity index (χ1v) is 10.1. The molecular formula is C15H14BrClN2O3S2. The standard InChI is InChI=1S/C15H14BrClN2O3S2/c1-19(2)15(20)23-12-5-3-4-11(9-12)18-24(21,22)14-7-6-10(16)8-13(14)17/h3-9,18H,1-2H3. The fourth-order valence-corrected chi connectivity index (χ4v) is 4.52. The summed E-state index contributed by atoms with van der Waals surface area (Å²) in [6, 6.07) is 11.1. The summed E-state index contributed by atoms with van der Waals surface area (Å²) in [5.74, 6) is 0. The van der Waals surface area contributed by atoms with Gasteiger partial charge < -0.3 is 4.90 Å². The average Bonchev–Trinajstić information content (AvgIpc) is 2.46. The smallest absolute Gasteiger partial charge is 0.285 e. The number of carbonyl (C=O) groups is 1. The molecule has 1 amide bonds. The first-order valence-electron chi connectivity index (χ1n) is 6.66. The molecule has 0 bridgehead atoms. The predicted octanol–water partition coefficient (Wildman–Crippen LogP) is 4.68. The zero-order chi connectivity index (χ0) is 17.9. The van der Waals surface area contributed by atoms with E-state index in [0.29, 0.717) is 15.1 Å². The number of sulfonamides is 1. The lowest BCUT2D eigenvalue weighted by Crippen LogP contribution is -2.16. The number of thioether (sulfide) groups is 1. The zero-order valence-electron chi connectivity index (χ0n) is 12.8. The van der Waals surface area contributed by atoms with Crippen molar-refractivity contribution in [2.75, 3.05) is 18.8 Å². The number of amides is 1. The third-order valence-electron chi connectivity index (χ3n) is 2.84. The molecule has 0 radical (unpaired) electrons. The Kier molecular flexibility index (Phi) is 6.19. The molecule has 2 aromatic carbocycles. The molecule has 5 nitrogen and oxygen atoms in total. The molecule has 0 aliphatic rings. The molecule has 0 atom stereocenters. The molecule has 0 aliphatic carbocycles. The Labute approximate surface area is 158 Å². The third kappa shape index (κ3) is 4.89. The molecule has 0 heterocycles. The summed E-state index contributed by atoms with van der Waals surface area (Å²) >= 11 is 10.3. The van der Waals surface area contributed by atoms with E-state index < -0.39 is 10.0 Å².